The first kappa shape index (κ1) is 37.4. The highest BCUT2D eigenvalue weighted by Crippen LogP contribution is 2.35. The molecule has 2 aliphatic rings. The van der Waals surface area contributed by atoms with Gasteiger partial charge in [0.1, 0.15) is 18.5 Å². The SMILES string of the molecule is CCCN(C(=O)OCc1ccccc1)C(C)C[N+]1=NC(c2ncc(-c3ccc(-c4cnc(C5CCCCN5C(=O)C(c5ccccc5)N(C)C)[nH]4)cc3)o2)=C1. The number of likely N-dealkylation sites (tertiary alicyclic amines) is 1. The zero-order valence-corrected chi connectivity index (χ0v) is 32.0. The van der Waals surface area contributed by atoms with Crippen molar-refractivity contribution in [1.29, 1.82) is 0 Å². The Morgan fingerprint density at radius 3 is 2.38 bits per heavy atom. The number of nitrogens with zero attached hydrogens (tertiary/aromatic N) is 7. The van der Waals surface area contributed by atoms with Crippen LogP contribution in [-0.2, 0) is 16.1 Å². The molecule has 5 aromatic rings. The van der Waals surface area contributed by atoms with Crippen molar-refractivity contribution in [3.8, 4) is 22.6 Å². The lowest BCUT2D eigenvalue weighted by molar-refractivity contribution is -0.543. The number of aromatic nitrogens is 3. The number of H-pyrrole nitrogens is 1. The van der Waals surface area contributed by atoms with Gasteiger partial charge in [-0.3, -0.25) is 14.6 Å². The van der Waals surface area contributed by atoms with Gasteiger partial charge in [0.05, 0.1) is 30.2 Å². The van der Waals surface area contributed by atoms with Crippen molar-refractivity contribution >= 4 is 17.7 Å². The van der Waals surface area contributed by atoms with Crippen molar-refractivity contribution in [2.45, 2.75) is 64.3 Å². The Balaban J connectivity index is 0.960. The Kier molecular flexibility index (Phi) is 11.6. The molecule has 0 spiro atoms. The third-order valence-corrected chi connectivity index (χ3v) is 10.2. The van der Waals surface area contributed by atoms with Crippen LogP contribution < -0.4 is 0 Å². The molecule has 55 heavy (non-hydrogen) atoms. The number of oxazole rings is 1. The number of carbonyl (C=O) groups is 2. The van der Waals surface area contributed by atoms with Gasteiger partial charge in [0.15, 0.2) is 12.3 Å². The van der Waals surface area contributed by atoms with Crippen LogP contribution in [0.5, 0.6) is 0 Å². The van der Waals surface area contributed by atoms with E-state index in [1.807, 2.05) is 135 Å². The molecule has 1 N–H and O–H groups in total. The van der Waals surface area contributed by atoms with Crippen LogP contribution >= 0.6 is 0 Å². The van der Waals surface area contributed by atoms with Crippen LogP contribution in [0.3, 0.4) is 0 Å². The number of hydrogen-bond donors (Lipinski definition) is 1. The fourth-order valence-electron chi connectivity index (χ4n) is 7.30. The monoisotopic (exact) mass is 741 g/mol. The Morgan fingerprint density at radius 2 is 1.67 bits per heavy atom. The lowest BCUT2D eigenvalue weighted by atomic mass is 9.97. The Morgan fingerprint density at radius 1 is 0.964 bits per heavy atom. The molecular weight excluding hydrogens is 693 g/mol. The molecule has 2 amide bonds. The van der Waals surface area contributed by atoms with Gasteiger partial charge >= 0.3 is 6.09 Å². The Hall–Kier alpha value is -5.88. The van der Waals surface area contributed by atoms with E-state index in [2.05, 4.69) is 15.1 Å². The number of likely N-dealkylation sites (N-methyl/N-ethyl adjacent to an activating group) is 1. The molecule has 3 aromatic carbocycles. The highest BCUT2D eigenvalue weighted by atomic mass is 16.6. The summed E-state index contributed by atoms with van der Waals surface area (Å²) in [5.41, 5.74) is 5.34. The van der Waals surface area contributed by atoms with Crippen molar-refractivity contribution in [2.24, 2.45) is 5.11 Å². The van der Waals surface area contributed by atoms with Crippen LogP contribution in [0.15, 0.2) is 113 Å². The van der Waals surface area contributed by atoms with Gasteiger partial charge in [-0.2, -0.15) is 0 Å². The minimum Gasteiger partial charge on any atom is -0.445 e. The van der Waals surface area contributed by atoms with E-state index in [-0.39, 0.29) is 36.7 Å². The molecule has 0 radical (unpaired) electrons. The quantitative estimate of drug-likeness (QED) is 0.114. The van der Waals surface area contributed by atoms with Gasteiger partial charge in [-0.25, -0.2) is 14.8 Å². The maximum Gasteiger partial charge on any atom is 0.410 e. The maximum absolute atomic E-state index is 14.0. The molecule has 2 aliphatic heterocycles. The van der Waals surface area contributed by atoms with Crippen molar-refractivity contribution in [3.63, 3.8) is 0 Å². The molecule has 4 heterocycles. The van der Waals surface area contributed by atoms with Gasteiger partial charge in [0, 0.05) is 23.8 Å². The van der Waals surface area contributed by atoms with Crippen LogP contribution in [-0.4, -0.2) is 86.1 Å². The van der Waals surface area contributed by atoms with Crippen LogP contribution in [0.25, 0.3) is 28.3 Å². The first-order valence-corrected chi connectivity index (χ1v) is 19.1. The summed E-state index contributed by atoms with van der Waals surface area (Å²) in [6.45, 7) is 6.09. The van der Waals surface area contributed by atoms with Gasteiger partial charge in [-0.1, -0.05) is 96.6 Å². The second-order valence-electron chi connectivity index (χ2n) is 14.4. The number of carbonyl (C=O) groups excluding carboxylic acids is 2. The minimum absolute atomic E-state index is 0.0951. The fraction of sp³-hybridized carbons (Fsp3) is 0.349. The summed E-state index contributed by atoms with van der Waals surface area (Å²) in [6.07, 6.45) is 8.80. The second-order valence-corrected chi connectivity index (χ2v) is 14.4. The molecule has 2 aromatic heterocycles. The van der Waals surface area contributed by atoms with E-state index in [4.69, 9.17) is 14.1 Å². The number of hydrogen-bond acceptors (Lipinski definition) is 8. The van der Waals surface area contributed by atoms with Gasteiger partial charge in [-0.05, 0) is 63.4 Å². The summed E-state index contributed by atoms with van der Waals surface area (Å²) in [4.78, 5) is 45.5. The fourth-order valence-corrected chi connectivity index (χ4v) is 7.30. The van der Waals surface area contributed by atoms with Gasteiger partial charge < -0.3 is 19.0 Å². The first-order chi connectivity index (χ1) is 26.8. The number of imidazole rings is 1. The van der Waals surface area contributed by atoms with Gasteiger partial charge in [0.2, 0.25) is 12.1 Å². The number of rotatable bonds is 14. The number of piperidine rings is 1. The Labute approximate surface area is 322 Å². The van der Waals surface area contributed by atoms with Crippen molar-refractivity contribution in [2.75, 3.05) is 33.7 Å². The summed E-state index contributed by atoms with van der Waals surface area (Å²) in [7, 11) is 3.91. The Bertz CT molecular complexity index is 2120. The zero-order chi connectivity index (χ0) is 38.3. The normalized spacial score (nSPS) is 16.5. The molecule has 0 saturated carbocycles. The van der Waals surface area contributed by atoms with E-state index in [1.54, 1.807) is 15.8 Å². The van der Waals surface area contributed by atoms with E-state index >= 15 is 0 Å². The molecule has 7 rings (SSSR count). The third-order valence-electron chi connectivity index (χ3n) is 10.2. The zero-order valence-electron chi connectivity index (χ0n) is 32.0. The van der Waals surface area contributed by atoms with E-state index < -0.39 is 0 Å². The lowest BCUT2D eigenvalue weighted by Gasteiger charge is -2.38. The number of nitrogens with one attached hydrogen (secondary N) is 1. The average Bonchev–Trinajstić information content (AvgIpc) is 3.89. The maximum atomic E-state index is 14.0. The van der Waals surface area contributed by atoms with E-state index in [9.17, 15) is 9.59 Å². The topological polar surface area (TPSA) is 123 Å². The summed E-state index contributed by atoms with van der Waals surface area (Å²) in [6, 6.07) is 27.1. The summed E-state index contributed by atoms with van der Waals surface area (Å²) in [5.74, 6) is 1.97. The first-order valence-electron chi connectivity index (χ1n) is 19.1. The van der Waals surface area contributed by atoms with Crippen LogP contribution in [0, 0.1) is 0 Å². The van der Waals surface area contributed by atoms with Crippen LogP contribution in [0.1, 0.15) is 74.5 Å². The van der Waals surface area contributed by atoms with E-state index in [1.165, 1.54) is 0 Å². The highest BCUT2D eigenvalue weighted by Gasteiger charge is 2.36. The molecule has 0 bridgehead atoms. The number of ether oxygens (including phenoxy) is 1. The van der Waals surface area contributed by atoms with E-state index in [0.29, 0.717) is 37.0 Å². The molecular formula is C43H49N8O4+. The van der Waals surface area contributed by atoms with Crippen LogP contribution in [0.4, 0.5) is 4.79 Å². The van der Waals surface area contributed by atoms with Crippen molar-refractivity contribution in [1.82, 2.24) is 29.7 Å². The predicted octanol–water partition coefficient (Wildman–Crippen LogP) is 8.30. The van der Waals surface area contributed by atoms with Crippen molar-refractivity contribution in [3.05, 3.63) is 126 Å². The number of benzene rings is 3. The molecule has 1 saturated heterocycles. The molecule has 12 heteroatoms. The number of aromatic amines is 1. The number of amides is 2. The molecule has 3 unspecified atom stereocenters. The lowest BCUT2D eigenvalue weighted by Crippen LogP contribution is -2.45. The smallest absolute Gasteiger partial charge is 0.410 e. The minimum atomic E-state index is -0.359. The molecule has 12 nitrogen and oxygen atoms in total. The summed E-state index contributed by atoms with van der Waals surface area (Å²) < 4.78 is 13.5. The molecule has 0 aliphatic carbocycles. The number of azo groups is 2. The standard InChI is InChI=1S/C43H49N8O4/c1-5-23-50(43(53)54-29-31-14-8-6-9-15-31)30(2)27-49-28-36(47-49)41-45-26-38(55-41)33-21-19-32(20-22-33)35-25-44-40(46-35)37-18-12-13-24-51(37)42(52)39(48(3)4)34-16-10-7-11-17-34/h6-11,14-17,19-22,25-26,28,30,37,39H,5,12-13,18,23-24,27,29H2,1-4H3,(H,44,46)/q+1. The van der Waals surface area contributed by atoms with Gasteiger partial charge in [0.25, 0.3) is 11.6 Å². The highest BCUT2D eigenvalue weighted by molar-refractivity contribution is 5.84. The largest absolute Gasteiger partial charge is 0.445 e. The predicted molar refractivity (Wildman–Crippen MR) is 209 cm³/mol. The van der Waals surface area contributed by atoms with Crippen molar-refractivity contribution < 1.29 is 23.4 Å². The molecule has 284 valence electrons. The third kappa shape index (κ3) is 8.60. The van der Waals surface area contributed by atoms with Gasteiger partial charge in [-0.15, -0.1) is 0 Å². The molecule has 1 fully saturated rings. The summed E-state index contributed by atoms with van der Waals surface area (Å²) in [5, 5.41) is 4.60. The van der Waals surface area contributed by atoms with Crippen LogP contribution in [0.2, 0.25) is 0 Å². The summed E-state index contributed by atoms with van der Waals surface area (Å²) >= 11 is 0. The molecule has 3 atom stereocenters. The van der Waals surface area contributed by atoms with E-state index in [0.717, 1.165) is 59.5 Å². The average molecular weight is 742 g/mol. The second kappa shape index (κ2) is 17.1.